The molecule has 1 aliphatic heterocycles. The number of piperidine rings is 1. The summed E-state index contributed by atoms with van der Waals surface area (Å²) < 4.78 is 0. The molecule has 1 aromatic rings. The van der Waals surface area contributed by atoms with Crippen molar-refractivity contribution in [3.63, 3.8) is 0 Å². The van der Waals surface area contributed by atoms with E-state index < -0.39 is 5.60 Å². The van der Waals surface area contributed by atoms with Gasteiger partial charge in [0.05, 0.1) is 5.60 Å². The van der Waals surface area contributed by atoms with Crippen molar-refractivity contribution in [2.75, 3.05) is 19.6 Å². The third-order valence-electron chi connectivity index (χ3n) is 4.55. The Hall–Kier alpha value is -0.570. The lowest BCUT2D eigenvalue weighted by Crippen LogP contribution is -2.36. The maximum atomic E-state index is 11.1. The van der Waals surface area contributed by atoms with Gasteiger partial charge in [-0.05, 0) is 44.3 Å². The molecule has 0 aromatic heterocycles. The summed E-state index contributed by atoms with van der Waals surface area (Å²) in [7, 11) is 0. The minimum atomic E-state index is -0.644. The largest absolute Gasteiger partial charge is 0.385 e. The number of rotatable bonds is 7. The van der Waals surface area contributed by atoms with Crippen LogP contribution in [0.15, 0.2) is 30.3 Å². The zero-order chi connectivity index (χ0) is 14.3. The number of hydrogen-bond donors (Lipinski definition) is 1. The molecule has 2 nitrogen and oxygen atoms in total. The first-order valence-electron chi connectivity index (χ1n) is 8.25. The van der Waals surface area contributed by atoms with Crippen molar-refractivity contribution >= 4 is 12.4 Å². The van der Waals surface area contributed by atoms with Crippen molar-refractivity contribution in [2.24, 2.45) is 0 Å². The molecule has 1 saturated heterocycles. The number of benzene rings is 1. The summed E-state index contributed by atoms with van der Waals surface area (Å²) in [5, 5.41) is 11.1. The molecule has 1 fully saturated rings. The quantitative estimate of drug-likeness (QED) is 0.808. The van der Waals surface area contributed by atoms with Crippen molar-refractivity contribution in [1.29, 1.82) is 0 Å². The summed E-state index contributed by atoms with van der Waals surface area (Å²) in [5.41, 5.74) is 0.444. The van der Waals surface area contributed by atoms with Gasteiger partial charge in [0.15, 0.2) is 0 Å². The molecule has 1 unspecified atom stereocenters. The lowest BCUT2D eigenvalue weighted by atomic mass is 9.85. The van der Waals surface area contributed by atoms with Crippen LogP contribution in [0.5, 0.6) is 0 Å². The Balaban J connectivity index is 0.00000220. The van der Waals surface area contributed by atoms with E-state index in [1.54, 1.807) is 0 Å². The molecule has 0 amide bonds. The number of aliphatic hydroxyl groups is 1. The highest BCUT2D eigenvalue weighted by molar-refractivity contribution is 5.85. The van der Waals surface area contributed by atoms with E-state index in [0.29, 0.717) is 0 Å². The van der Waals surface area contributed by atoms with Gasteiger partial charge in [0.1, 0.15) is 0 Å². The van der Waals surface area contributed by atoms with E-state index in [1.807, 2.05) is 18.2 Å². The van der Waals surface area contributed by atoms with E-state index in [0.717, 1.165) is 37.8 Å². The van der Waals surface area contributed by atoms with E-state index in [1.165, 1.54) is 32.4 Å². The SMILES string of the molecule is CCCCC(O)(CCN1CCCCC1)c1ccccc1.Cl. The second-order valence-electron chi connectivity index (χ2n) is 6.15. The third kappa shape index (κ3) is 5.61. The van der Waals surface area contributed by atoms with Crippen molar-refractivity contribution in [2.45, 2.75) is 57.5 Å². The van der Waals surface area contributed by atoms with Crippen LogP contribution in [0.3, 0.4) is 0 Å². The third-order valence-corrected chi connectivity index (χ3v) is 4.55. The van der Waals surface area contributed by atoms with Gasteiger partial charge < -0.3 is 10.0 Å². The van der Waals surface area contributed by atoms with Crippen LogP contribution in [0, 0.1) is 0 Å². The van der Waals surface area contributed by atoms with Crippen LogP contribution in [0.4, 0.5) is 0 Å². The first-order chi connectivity index (χ1) is 9.74. The van der Waals surface area contributed by atoms with Gasteiger partial charge in [-0.3, -0.25) is 0 Å². The predicted octanol–water partition coefficient (Wildman–Crippen LogP) is 4.36. The summed E-state index contributed by atoms with van der Waals surface area (Å²) in [6.07, 6.45) is 7.97. The highest BCUT2D eigenvalue weighted by Crippen LogP contribution is 2.31. The summed E-state index contributed by atoms with van der Waals surface area (Å²) in [6, 6.07) is 10.2. The summed E-state index contributed by atoms with van der Waals surface area (Å²) in [6.45, 7) is 5.63. The van der Waals surface area contributed by atoms with Crippen molar-refractivity contribution < 1.29 is 5.11 Å². The molecule has 0 spiro atoms. The fraction of sp³-hybridized carbons (Fsp3) is 0.667. The maximum Gasteiger partial charge on any atom is 0.0908 e. The van der Waals surface area contributed by atoms with E-state index in [-0.39, 0.29) is 12.4 Å². The fourth-order valence-corrected chi connectivity index (χ4v) is 3.16. The normalized spacial score (nSPS) is 18.8. The Labute approximate surface area is 136 Å². The molecule has 21 heavy (non-hydrogen) atoms. The average molecular weight is 312 g/mol. The van der Waals surface area contributed by atoms with Crippen LogP contribution >= 0.6 is 12.4 Å². The van der Waals surface area contributed by atoms with Crippen LogP contribution in [-0.4, -0.2) is 29.6 Å². The second kappa shape index (κ2) is 9.45. The first-order valence-corrected chi connectivity index (χ1v) is 8.25. The molecule has 1 atom stereocenters. The van der Waals surface area contributed by atoms with E-state index in [2.05, 4.69) is 24.0 Å². The minimum Gasteiger partial charge on any atom is -0.385 e. The van der Waals surface area contributed by atoms with Crippen molar-refractivity contribution in [3.8, 4) is 0 Å². The van der Waals surface area contributed by atoms with Crippen molar-refractivity contribution in [1.82, 2.24) is 4.90 Å². The van der Waals surface area contributed by atoms with Crippen LogP contribution in [0.25, 0.3) is 0 Å². The molecule has 3 heteroatoms. The highest BCUT2D eigenvalue weighted by atomic mass is 35.5. The lowest BCUT2D eigenvalue weighted by molar-refractivity contribution is 0.00518. The average Bonchev–Trinajstić information content (AvgIpc) is 2.53. The van der Waals surface area contributed by atoms with Crippen LogP contribution in [-0.2, 0) is 5.60 Å². The maximum absolute atomic E-state index is 11.1. The molecule has 0 aliphatic carbocycles. The van der Waals surface area contributed by atoms with Gasteiger partial charge in [-0.25, -0.2) is 0 Å². The summed E-state index contributed by atoms with van der Waals surface area (Å²) in [5.74, 6) is 0. The van der Waals surface area contributed by atoms with Gasteiger partial charge in [-0.1, -0.05) is 56.5 Å². The standard InChI is InChI=1S/C18H29NO.ClH/c1-2-3-12-18(20,17-10-6-4-7-11-17)13-16-19-14-8-5-9-15-19;/h4,6-7,10-11,20H,2-3,5,8-9,12-16H2,1H3;1H. The molecule has 2 rings (SSSR count). The van der Waals surface area contributed by atoms with E-state index in [9.17, 15) is 5.11 Å². The number of nitrogens with zero attached hydrogens (tertiary/aromatic N) is 1. The van der Waals surface area contributed by atoms with Gasteiger partial charge in [0.25, 0.3) is 0 Å². The van der Waals surface area contributed by atoms with Crippen molar-refractivity contribution in [3.05, 3.63) is 35.9 Å². The van der Waals surface area contributed by atoms with Gasteiger partial charge in [-0.15, -0.1) is 12.4 Å². The molecule has 0 bridgehead atoms. The fourth-order valence-electron chi connectivity index (χ4n) is 3.16. The molecule has 120 valence electrons. The second-order valence-corrected chi connectivity index (χ2v) is 6.15. The predicted molar refractivity (Wildman–Crippen MR) is 92.0 cm³/mol. The van der Waals surface area contributed by atoms with Crippen LogP contribution < -0.4 is 0 Å². The van der Waals surface area contributed by atoms with Gasteiger partial charge in [0, 0.05) is 6.54 Å². The Morgan fingerprint density at radius 2 is 1.71 bits per heavy atom. The zero-order valence-corrected chi connectivity index (χ0v) is 14.1. The molecule has 1 aromatic carbocycles. The molecule has 1 N–H and O–H groups in total. The molecule has 0 saturated carbocycles. The smallest absolute Gasteiger partial charge is 0.0908 e. The zero-order valence-electron chi connectivity index (χ0n) is 13.3. The van der Waals surface area contributed by atoms with Gasteiger partial charge in [0.2, 0.25) is 0 Å². The van der Waals surface area contributed by atoms with E-state index >= 15 is 0 Å². The molecule has 1 aliphatic rings. The number of unbranched alkanes of at least 4 members (excludes halogenated alkanes) is 1. The Morgan fingerprint density at radius 1 is 1.05 bits per heavy atom. The molecular weight excluding hydrogens is 282 g/mol. The molecular formula is C18H30ClNO. The van der Waals surface area contributed by atoms with Crippen LogP contribution in [0.2, 0.25) is 0 Å². The highest BCUT2D eigenvalue weighted by Gasteiger charge is 2.29. The summed E-state index contributed by atoms with van der Waals surface area (Å²) in [4.78, 5) is 2.52. The topological polar surface area (TPSA) is 23.5 Å². The number of halogens is 1. The Kier molecular flexibility index (Phi) is 8.31. The molecule has 1 heterocycles. The van der Waals surface area contributed by atoms with Crippen LogP contribution in [0.1, 0.15) is 57.4 Å². The first kappa shape index (κ1) is 18.5. The monoisotopic (exact) mass is 311 g/mol. The summed E-state index contributed by atoms with van der Waals surface area (Å²) >= 11 is 0. The Morgan fingerprint density at radius 3 is 2.33 bits per heavy atom. The lowest BCUT2D eigenvalue weighted by Gasteiger charge is -2.33. The number of hydrogen-bond acceptors (Lipinski definition) is 2. The minimum absolute atomic E-state index is 0. The van der Waals surface area contributed by atoms with E-state index in [4.69, 9.17) is 0 Å². The van der Waals surface area contributed by atoms with Gasteiger partial charge in [-0.2, -0.15) is 0 Å². The van der Waals surface area contributed by atoms with Gasteiger partial charge >= 0.3 is 0 Å². The molecule has 0 radical (unpaired) electrons. The Bertz CT molecular complexity index is 378. The number of likely N-dealkylation sites (tertiary alicyclic amines) is 1.